The molecule has 1 aromatic carbocycles. The van der Waals surface area contributed by atoms with Gasteiger partial charge in [-0.05, 0) is 29.4 Å². The standard InChI is InChI=1S/C14H19FINO2/c1-19-11-6-7-12(13(15)10-11)14(18)17-9-5-3-2-4-8-16/h6-7,10H,2-5,8-9H2,1H3,(H,17,18). The Morgan fingerprint density at radius 3 is 2.68 bits per heavy atom. The largest absolute Gasteiger partial charge is 0.497 e. The molecule has 0 heterocycles. The normalized spacial score (nSPS) is 10.3. The van der Waals surface area contributed by atoms with Crippen molar-refractivity contribution in [3.05, 3.63) is 29.6 Å². The molecular weight excluding hydrogens is 360 g/mol. The van der Waals surface area contributed by atoms with Gasteiger partial charge in [-0.25, -0.2) is 4.39 Å². The molecule has 0 spiro atoms. The van der Waals surface area contributed by atoms with Gasteiger partial charge in [-0.1, -0.05) is 35.4 Å². The van der Waals surface area contributed by atoms with Gasteiger partial charge in [-0.3, -0.25) is 4.79 Å². The highest BCUT2D eigenvalue weighted by Crippen LogP contribution is 2.16. The summed E-state index contributed by atoms with van der Waals surface area (Å²) in [6.45, 7) is 0.589. The second kappa shape index (κ2) is 9.12. The minimum Gasteiger partial charge on any atom is -0.497 e. The molecule has 0 aliphatic rings. The summed E-state index contributed by atoms with van der Waals surface area (Å²) >= 11 is 2.35. The van der Waals surface area contributed by atoms with E-state index in [4.69, 9.17) is 4.74 Å². The van der Waals surface area contributed by atoms with E-state index in [0.29, 0.717) is 12.3 Å². The van der Waals surface area contributed by atoms with Crippen LogP contribution in [0.1, 0.15) is 36.0 Å². The van der Waals surface area contributed by atoms with Crippen LogP contribution in [0.2, 0.25) is 0 Å². The Morgan fingerprint density at radius 2 is 2.05 bits per heavy atom. The van der Waals surface area contributed by atoms with Crippen LogP contribution in [0.4, 0.5) is 4.39 Å². The fraction of sp³-hybridized carbons (Fsp3) is 0.500. The van der Waals surface area contributed by atoms with Gasteiger partial charge in [-0.2, -0.15) is 0 Å². The van der Waals surface area contributed by atoms with Crippen LogP contribution >= 0.6 is 22.6 Å². The summed E-state index contributed by atoms with van der Waals surface area (Å²) in [5.41, 5.74) is 0.0630. The zero-order valence-electron chi connectivity index (χ0n) is 11.0. The molecule has 0 fully saturated rings. The summed E-state index contributed by atoms with van der Waals surface area (Å²) in [7, 11) is 1.46. The van der Waals surface area contributed by atoms with Gasteiger partial charge in [0.25, 0.3) is 5.91 Å². The fourth-order valence-electron chi connectivity index (χ4n) is 1.68. The molecule has 1 N–H and O–H groups in total. The Bertz CT molecular complexity index is 412. The van der Waals surface area contributed by atoms with Crippen molar-refractivity contribution in [2.24, 2.45) is 0 Å². The first-order chi connectivity index (χ1) is 9.19. The lowest BCUT2D eigenvalue weighted by molar-refractivity contribution is 0.0949. The summed E-state index contributed by atoms with van der Waals surface area (Å²) in [6.07, 6.45) is 4.41. The molecule has 1 aromatic rings. The van der Waals surface area contributed by atoms with E-state index in [1.807, 2.05) is 0 Å². The number of amides is 1. The van der Waals surface area contributed by atoms with E-state index in [2.05, 4.69) is 27.9 Å². The zero-order valence-corrected chi connectivity index (χ0v) is 13.2. The van der Waals surface area contributed by atoms with E-state index in [1.54, 1.807) is 6.07 Å². The molecule has 0 unspecified atom stereocenters. The number of methoxy groups -OCH3 is 1. The zero-order chi connectivity index (χ0) is 14.1. The number of benzene rings is 1. The van der Waals surface area contributed by atoms with Crippen LogP contribution in [0, 0.1) is 5.82 Å². The first-order valence-corrected chi connectivity index (χ1v) is 7.89. The van der Waals surface area contributed by atoms with Gasteiger partial charge in [0, 0.05) is 12.6 Å². The van der Waals surface area contributed by atoms with Gasteiger partial charge in [0.05, 0.1) is 12.7 Å². The van der Waals surface area contributed by atoms with Crippen molar-refractivity contribution < 1.29 is 13.9 Å². The maximum atomic E-state index is 13.6. The van der Waals surface area contributed by atoms with Crippen LogP contribution in [-0.4, -0.2) is 24.0 Å². The molecule has 0 saturated heterocycles. The third-order valence-corrected chi connectivity index (χ3v) is 3.53. The molecule has 3 nitrogen and oxygen atoms in total. The molecule has 0 atom stereocenters. The minimum absolute atomic E-state index is 0.0630. The van der Waals surface area contributed by atoms with E-state index < -0.39 is 5.82 Å². The summed E-state index contributed by atoms with van der Waals surface area (Å²) < 4.78 is 19.7. The quantitative estimate of drug-likeness (QED) is 0.426. The predicted molar refractivity (Wildman–Crippen MR) is 82.6 cm³/mol. The van der Waals surface area contributed by atoms with Gasteiger partial charge in [-0.15, -0.1) is 0 Å². The monoisotopic (exact) mass is 379 g/mol. The van der Waals surface area contributed by atoms with Crippen LogP contribution in [-0.2, 0) is 0 Å². The van der Waals surface area contributed by atoms with Crippen molar-refractivity contribution in [1.82, 2.24) is 5.32 Å². The summed E-state index contributed by atoms with van der Waals surface area (Å²) in [4.78, 5) is 11.8. The Labute approximate surface area is 127 Å². The van der Waals surface area contributed by atoms with Gasteiger partial charge < -0.3 is 10.1 Å². The van der Waals surface area contributed by atoms with E-state index >= 15 is 0 Å². The second-order valence-electron chi connectivity index (χ2n) is 4.20. The Balaban J connectivity index is 2.37. The number of nitrogens with one attached hydrogen (secondary N) is 1. The molecular formula is C14H19FINO2. The van der Waals surface area contributed by atoms with Gasteiger partial charge in [0.15, 0.2) is 0 Å². The molecule has 0 aromatic heterocycles. The number of halogens is 2. The third kappa shape index (κ3) is 5.76. The SMILES string of the molecule is COc1ccc(C(=O)NCCCCCCI)c(F)c1. The lowest BCUT2D eigenvalue weighted by Gasteiger charge is -2.07. The van der Waals surface area contributed by atoms with Crippen molar-refractivity contribution in [3.8, 4) is 5.75 Å². The number of ether oxygens (including phenoxy) is 1. The Morgan fingerprint density at radius 1 is 1.32 bits per heavy atom. The highest BCUT2D eigenvalue weighted by molar-refractivity contribution is 14.1. The van der Waals surface area contributed by atoms with Gasteiger partial charge >= 0.3 is 0 Å². The molecule has 0 aliphatic carbocycles. The third-order valence-electron chi connectivity index (χ3n) is 2.77. The average Bonchev–Trinajstić information content (AvgIpc) is 2.42. The highest BCUT2D eigenvalue weighted by Gasteiger charge is 2.11. The van der Waals surface area contributed by atoms with E-state index in [0.717, 1.165) is 12.8 Å². The number of carbonyl (C=O) groups is 1. The summed E-state index contributed by atoms with van der Waals surface area (Å²) in [5, 5.41) is 2.73. The molecule has 0 radical (unpaired) electrons. The number of hydrogen-bond acceptors (Lipinski definition) is 2. The maximum Gasteiger partial charge on any atom is 0.254 e. The number of rotatable bonds is 8. The van der Waals surface area contributed by atoms with Crippen molar-refractivity contribution in [1.29, 1.82) is 0 Å². The molecule has 106 valence electrons. The molecule has 0 aliphatic heterocycles. The van der Waals surface area contributed by atoms with Crippen LogP contribution in [0.3, 0.4) is 0 Å². The maximum absolute atomic E-state index is 13.6. The lowest BCUT2D eigenvalue weighted by atomic mass is 10.1. The second-order valence-corrected chi connectivity index (χ2v) is 5.28. The van der Waals surface area contributed by atoms with Crippen molar-refractivity contribution in [2.75, 3.05) is 18.1 Å². The van der Waals surface area contributed by atoms with Crippen LogP contribution in [0.15, 0.2) is 18.2 Å². The minimum atomic E-state index is -0.554. The smallest absolute Gasteiger partial charge is 0.254 e. The number of carbonyl (C=O) groups excluding carboxylic acids is 1. The number of unbranched alkanes of at least 4 members (excludes halogenated alkanes) is 3. The van der Waals surface area contributed by atoms with Crippen molar-refractivity contribution in [2.45, 2.75) is 25.7 Å². The van der Waals surface area contributed by atoms with E-state index in [9.17, 15) is 9.18 Å². The van der Waals surface area contributed by atoms with Crippen molar-refractivity contribution in [3.63, 3.8) is 0 Å². The summed E-state index contributed by atoms with van der Waals surface area (Å²) in [6, 6.07) is 4.24. The van der Waals surface area contributed by atoms with Gasteiger partial charge in [0.2, 0.25) is 0 Å². The molecule has 1 amide bonds. The van der Waals surface area contributed by atoms with Gasteiger partial charge in [0.1, 0.15) is 11.6 Å². The first-order valence-electron chi connectivity index (χ1n) is 6.36. The summed E-state index contributed by atoms with van der Waals surface area (Å²) in [5.74, 6) is -0.511. The molecule has 19 heavy (non-hydrogen) atoms. The first kappa shape index (κ1) is 16.2. The highest BCUT2D eigenvalue weighted by atomic mass is 127. The van der Waals surface area contributed by atoms with Crippen molar-refractivity contribution >= 4 is 28.5 Å². The lowest BCUT2D eigenvalue weighted by Crippen LogP contribution is -2.25. The number of hydrogen-bond donors (Lipinski definition) is 1. The van der Waals surface area contributed by atoms with E-state index in [-0.39, 0.29) is 11.5 Å². The molecule has 0 saturated carbocycles. The van der Waals surface area contributed by atoms with Crippen LogP contribution in [0.25, 0.3) is 0 Å². The Kier molecular flexibility index (Phi) is 7.78. The molecule has 1 rings (SSSR count). The average molecular weight is 379 g/mol. The topological polar surface area (TPSA) is 38.3 Å². The predicted octanol–water partition coefficient (Wildman–Crippen LogP) is 3.56. The fourth-order valence-corrected chi connectivity index (χ4v) is 2.22. The van der Waals surface area contributed by atoms with Crippen LogP contribution < -0.4 is 10.1 Å². The molecule has 0 bridgehead atoms. The van der Waals surface area contributed by atoms with Crippen LogP contribution in [0.5, 0.6) is 5.75 Å². The Hall–Kier alpha value is -0.850. The molecule has 5 heteroatoms. The number of alkyl halides is 1. The van der Waals surface area contributed by atoms with E-state index in [1.165, 1.54) is 36.5 Å².